The fourth-order valence-electron chi connectivity index (χ4n) is 4.67. The molecule has 0 spiro atoms. The van der Waals surface area contributed by atoms with Crippen molar-refractivity contribution in [3.8, 4) is 11.1 Å². The maximum atomic E-state index is 13.3. The van der Waals surface area contributed by atoms with Gasteiger partial charge in [0.05, 0.1) is 4.90 Å². The molecule has 2 saturated heterocycles. The highest BCUT2D eigenvalue weighted by Gasteiger charge is 2.30. The van der Waals surface area contributed by atoms with Crippen molar-refractivity contribution in [3.63, 3.8) is 0 Å². The number of piperidine rings is 2. The van der Waals surface area contributed by atoms with Gasteiger partial charge in [0.25, 0.3) is 0 Å². The van der Waals surface area contributed by atoms with Gasteiger partial charge < -0.3 is 4.90 Å². The predicted octanol–water partition coefficient (Wildman–Crippen LogP) is 4.79. The van der Waals surface area contributed by atoms with Crippen molar-refractivity contribution in [2.75, 3.05) is 32.7 Å². The van der Waals surface area contributed by atoms with Crippen LogP contribution in [0.25, 0.3) is 11.1 Å². The summed E-state index contributed by atoms with van der Waals surface area (Å²) in [7, 11) is -3.44. The number of benzene rings is 2. The molecule has 2 aromatic rings. The molecule has 0 radical (unpaired) electrons. The van der Waals surface area contributed by atoms with Crippen LogP contribution in [0.4, 0.5) is 0 Å². The second-order valence-corrected chi connectivity index (χ2v) is 11.2. The number of hydrogen-bond donors (Lipinski definition) is 0. The van der Waals surface area contributed by atoms with E-state index in [1.54, 1.807) is 10.4 Å². The Labute approximate surface area is 182 Å². The molecule has 0 aliphatic carbocycles. The van der Waals surface area contributed by atoms with E-state index in [4.69, 9.17) is 0 Å². The van der Waals surface area contributed by atoms with Gasteiger partial charge in [-0.3, -0.25) is 0 Å². The van der Waals surface area contributed by atoms with Gasteiger partial charge in [-0.2, -0.15) is 4.31 Å². The summed E-state index contributed by atoms with van der Waals surface area (Å²) < 4.78 is 28.2. The van der Waals surface area contributed by atoms with Crippen LogP contribution in [0.2, 0.25) is 0 Å². The molecule has 2 aliphatic rings. The smallest absolute Gasteiger partial charge is 0.243 e. The SMILES string of the molecule is Cc1ccc(-c2cccc(S(=O)(=O)N3CCC(CN4CCC(C)CC4)CC3)c2)cc1. The van der Waals surface area contributed by atoms with Gasteiger partial charge in [-0.1, -0.05) is 48.9 Å². The van der Waals surface area contributed by atoms with Gasteiger partial charge in [0.1, 0.15) is 0 Å². The number of sulfonamides is 1. The van der Waals surface area contributed by atoms with E-state index >= 15 is 0 Å². The molecule has 30 heavy (non-hydrogen) atoms. The molecule has 5 heteroatoms. The Morgan fingerprint density at radius 2 is 1.53 bits per heavy atom. The lowest BCUT2D eigenvalue weighted by Gasteiger charge is -2.36. The Morgan fingerprint density at radius 1 is 0.867 bits per heavy atom. The van der Waals surface area contributed by atoms with Crippen molar-refractivity contribution in [2.45, 2.75) is 44.4 Å². The molecule has 0 amide bonds. The second-order valence-electron chi connectivity index (χ2n) is 9.22. The Kier molecular flexibility index (Phi) is 6.61. The van der Waals surface area contributed by atoms with Crippen LogP contribution in [0.1, 0.15) is 38.2 Å². The maximum Gasteiger partial charge on any atom is 0.243 e. The van der Waals surface area contributed by atoms with E-state index < -0.39 is 10.0 Å². The largest absolute Gasteiger partial charge is 0.303 e. The Balaban J connectivity index is 1.40. The molecule has 0 N–H and O–H groups in total. The molecule has 4 rings (SSSR count). The van der Waals surface area contributed by atoms with Crippen LogP contribution in [0, 0.1) is 18.8 Å². The van der Waals surface area contributed by atoms with Crippen LogP contribution in [0.15, 0.2) is 53.4 Å². The van der Waals surface area contributed by atoms with Crippen molar-refractivity contribution in [2.24, 2.45) is 11.8 Å². The van der Waals surface area contributed by atoms with E-state index in [9.17, 15) is 8.42 Å². The fraction of sp³-hybridized carbons (Fsp3) is 0.520. The molecule has 2 aromatic carbocycles. The minimum Gasteiger partial charge on any atom is -0.303 e. The number of hydrogen-bond acceptors (Lipinski definition) is 3. The van der Waals surface area contributed by atoms with Crippen LogP contribution < -0.4 is 0 Å². The molecule has 162 valence electrons. The van der Waals surface area contributed by atoms with Crippen molar-refractivity contribution in [1.82, 2.24) is 9.21 Å². The molecule has 4 nitrogen and oxygen atoms in total. The van der Waals surface area contributed by atoms with E-state index in [0.717, 1.165) is 36.4 Å². The summed E-state index contributed by atoms with van der Waals surface area (Å²) >= 11 is 0. The number of rotatable bonds is 5. The summed E-state index contributed by atoms with van der Waals surface area (Å²) in [4.78, 5) is 2.99. The van der Waals surface area contributed by atoms with E-state index in [-0.39, 0.29) is 0 Å². The average molecular weight is 427 g/mol. The first-order valence-corrected chi connectivity index (χ1v) is 12.8. The van der Waals surface area contributed by atoms with Crippen LogP contribution in [-0.2, 0) is 10.0 Å². The second kappa shape index (κ2) is 9.21. The molecule has 2 fully saturated rings. The summed E-state index contributed by atoms with van der Waals surface area (Å²) in [5, 5.41) is 0. The van der Waals surface area contributed by atoms with Gasteiger partial charge in [-0.05, 0) is 80.8 Å². The summed E-state index contributed by atoms with van der Waals surface area (Å²) in [6.45, 7) is 9.19. The van der Waals surface area contributed by atoms with Gasteiger partial charge in [0.2, 0.25) is 10.0 Å². The summed E-state index contributed by atoms with van der Waals surface area (Å²) in [6, 6.07) is 15.6. The zero-order valence-corrected chi connectivity index (χ0v) is 19.1. The minimum atomic E-state index is -3.44. The lowest BCUT2D eigenvalue weighted by Crippen LogP contribution is -2.43. The molecule has 2 aliphatic heterocycles. The van der Waals surface area contributed by atoms with Crippen LogP contribution >= 0.6 is 0 Å². The van der Waals surface area contributed by atoms with Gasteiger partial charge in [0.15, 0.2) is 0 Å². The highest BCUT2D eigenvalue weighted by atomic mass is 32.2. The third-order valence-electron chi connectivity index (χ3n) is 6.82. The summed E-state index contributed by atoms with van der Waals surface area (Å²) in [5.74, 6) is 1.47. The van der Waals surface area contributed by atoms with Crippen LogP contribution in [0.5, 0.6) is 0 Å². The van der Waals surface area contributed by atoms with Crippen LogP contribution in [0.3, 0.4) is 0 Å². The van der Waals surface area contributed by atoms with E-state index in [0.29, 0.717) is 23.9 Å². The maximum absolute atomic E-state index is 13.3. The van der Waals surface area contributed by atoms with Crippen molar-refractivity contribution in [3.05, 3.63) is 54.1 Å². The van der Waals surface area contributed by atoms with Gasteiger partial charge >= 0.3 is 0 Å². The summed E-state index contributed by atoms with van der Waals surface area (Å²) in [6.07, 6.45) is 4.51. The van der Waals surface area contributed by atoms with Crippen LogP contribution in [-0.4, -0.2) is 50.3 Å². The molecular formula is C25H34N2O2S. The topological polar surface area (TPSA) is 40.6 Å². The molecule has 0 atom stereocenters. The highest BCUT2D eigenvalue weighted by Crippen LogP contribution is 2.28. The fourth-order valence-corrected chi connectivity index (χ4v) is 6.19. The highest BCUT2D eigenvalue weighted by molar-refractivity contribution is 7.89. The van der Waals surface area contributed by atoms with Gasteiger partial charge in [-0.25, -0.2) is 8.42 Å². The van der Waals surface area contributed by atoms with E-state index in [2.05, 4.69) is 30.9 Å². The first kappa shape index (κ1) is 21.5. The first-order chi connectivity index (χ1) is 14.4. The van der Waals surface area contributed by atoms with Gasteiger partial charge in [-0.15, -0.1) is 0 Å². The van der Waals surface area contributed by atoms with Crippen molar-refractivity contribution < 1.29 is 8.42 Å². The lowest BCUT2D eigenvalue weighted by molar-refractivity contribution is 0.142. The minimum absolute atomic E-state index is 0.407. The third-order valence-corrected chi connectivity index (χ3v) is 8.72. The Bertz CT molecular complexity index is 939. The quantitative estimate of drug-likeness (QED) is 0.690. The zero-order valence-electron chi connectivity index (χ0n) is 18.3. The number of aryl methyl sites for hydroxylation is 1. The Morgan fingerprint density at radius 3 is 2.20 bits per heavy atom. The van der Waals surface area contributed by atoms with Crippen molar-refractivity contribution >= 4 is 10.0 Å². The monoisotopic (exact) mass is 426 g/mol. The van der Waals surface area contributed by atoms with E-state index in [1.165, 1.54) is 31.5 Å². The zero-order chi connectivity index (χ0) is 21.1. The van der Waals surface area contributed by atoms with Crippen molar-refractivity contribution in [1.29, 1.82) is 0 Å². The standard InChI is InChI=1S/C25H34N2O2S/c1-20-6-8-23(9-7-20)24-4-3-5-25(18-24)30(28,29)27-16-12-22(13-17-27)19-26-14-10-21(2)11-15-26/h3-9,18,21-22H,10-17,19H2,1-2H3. The molecule has 0 aromatic heterocycles. The average Bonchev–Trinajstić information content (AvgIpc) is 2.76. The lowest BCUT2D eigenvalue weighted by atomic mass is 9.94. The first-order valence-electron chi connectivity index (χ1n) is 11.3. The number of likely N-dealkylation sites (tertiary alicyclic amines) is 1. The molecule has 0 unspecified atom stereocenters. The molecule has 0 bridgehead atoms. The van der Waals surface area contributed by atoms with E-state index in [1.807, 2.05) is 30.3 Å². The third kappa shape index (κ3) is 4.96. The molecule has 2 heterocycles. The normalized spacial score (nSPS) is 20.5. The number of nitrogens with zero attached hydrogens (tertiary/aromatic N) is 2. The molecule has 0 saturated carbocycles. The van der Waals surface area contributed by atoms with Gasteiger partial charge in [0, 0.05) is 19.6 Å². The predicted molar refractivity (Wildman–Crippen MR) is 123 cm³/mol. The molecular weight excluding hydrogens is 392 g/mol. The summed E-state index contributed by atoms with van der Waals surface area (Å²) in [5.41, 5.74) is 3.20. The Hall–Kier alpha value is -1.69.